The number of aryl methyl sites for hydroxylation is 1. The number of nitrogens with two attached hydrogens (primary N) is 1. The minimum atomic E-state index is -0.523. The summed E-state index contributed by atoms with van der Waals surface area (Å²) in [5.74, 6) is 0.789. The molecule has 41 heavy (non-hydrogen) atoms. The van der Waals surface area contributed by atoms with Crippen molar-refractivity contribution in [1.82, 2.24) is 0 Å². The van der Waals surface area contributed by atoms with Gasteiger partial charge in [0.05, 0.1) is 18.1 Å². The SMILES string of the molecule is CCOc1cc(C2C(C#N)=C(N)Oc3cc(OC(=O)c4ccc(Br)cc4)ccc32)ccc1OCc1ccc(C)cc1. The van der Waals surface area contributed by atoms with E-state index in [1.165, 1.54) is 5.56 Å². The number of ether oxygens (including phenoxy) is 4. The first kappa shape index (κ1) is 27.8. The van der Waals surface area contributed by atoms with E-state index in [-0.39, 0.29) is 11.5 Å². The van der Waals surface area contributed by atoms with Gasteiger partial charge in [0.25, 0.3) is 0 Å². The maximum atomic E-state index is 12.7. The van der Waals surface area contributed by atoms with Crippen molar-refractivity contribution in [3.63, 3.8) is 0 Å². The molecule has 0 saturated heterocycles. The molecule has 0 saturated carbocycles. The van der Waals surface area contributed by atoms with E-state index < -0.39 is 11.9 Å². The molecule has 1 unspecified atom stereocenters. The smallest absolute Gasteiger partial charge is 0.343 e. The standard InChI is InChI=1S/C33H27BrN2O5/c1-3-38-30-16-23(10-15-28(30)39-19-21-6-4-20(2)5-7-21)31-26-14-13-25(17-29(26)41-32(36)27(31)18-35)40-33(37)22-8-11-24(34)12-9-22/h4-17,31H,3,19,36H2,1-2H3. The van der Waals surface area contributed by atoms with Gasteiger partial charge >= 0.3 is 5.97 Å². The summed E-state index contributed by atoms with van der Waals surface area (Å²) in [4.78, 5) is 12.7. The van der Waals surface area contributed by atoms with Gasteiger partial charge in [-0.05, 0) is 67.4 Å². The van der Waals surface area contributed by atoms with Crippen LogP contribution in [0.3, 0.4) is 0 Å². The fraction of sp³-hybridized carbons (Fsp3) is 0.152. The molecular formula is C33H27BrN2O5. The highest BCUT2D eigenvalue weighted by atomic mass is 79.9. The van der Waals surface area contributed by atoms with Crippen LogP contribution in [0.2, 0.25) is 0 Å². The maximum Gasteiger partial charge on any atom is 0.343 e. The highest BCUT2D eigenvalue weighted by Crippen LogP contribution is 2.45. The minimum Gasteiger partial charge on any atom is -0.490 e. The van der Waals surface area contributed by atoms with Crippen molar-refractivity contribution >= 4 is 21.9 Å². The summed E-state index contributed by atoms with van der Waals surface area (Å²) >= 11 is 3.36. The molecule has 5 rings (SSSR count). The number of allylic oxidation sites excluding steroid dienone is 1. The minimum absolute atomic E-state index is 0.0148. The Labute approximate surface area is 246 Å². The van der Waals surface area contributed by atoms with E-state index >= 15 is 0 Å². The molecule has 8 heteroatoms. The van der Waals surface area contributed by atoms with Gasteiger partial charge < -0.3 is 24.7 Å². The molecule has 0 fully saturated rings. The van der Waals surface area contributed by atoms with E-state index in [1.807, 2.05) is 56.3 Å². The van der Waals surface area contributed by atoms with Crippen LogP contribution in [0.4, 0.5) is 0 Å². The lowest BCUT2D eigenvalue weighted by Gasteiger charge is -2.27. The number of hydrogen-bond donors (Lipinski definition) is 1. The highest BCUT2D eigenvalue weighted by molar-refractivity contribution is 9.10. The molecule has 1 atom stereocenters. The van der Waals surface area contributed by atoms with Crippen LogP contribution in [0.1, 0.15) is 45.5 Å². The Balaban J connectivity index is 1.44. The maximum absolute atomic E-state index is 12.7. The van der Waals surface area contributed by atoms with Gasteiger partial charge in [-0.2, -0.15) is 5.26 Å². The van der Waals surface area contributed by atoms with Crippen LogP contribution >= 0.6 is 15.9 Å². The fourth-order valence-corrected chi connectivity index (χ4v) is 4.80. The topological polar surface area (TPSA) is 104 Å². The lowest BCUT2D eigenvalue weighted by Crippen LogP contribution is -2.21. The zero-order valence-corrected chi connectivity index (χ0v) is 24.1. The van der Waals surface area contributed by atoms with E-state index in [2.05, 4.69) is 22.0 Å². The highest BCUT2D eigenvalue weighted by Gasteiger charge is 2.32. The normalized spacial score (nSPS) is 14.0. The van der Waals surface area contributed by atoms with Crippen molar-refractivity contribution in [3.8, 4) is 29.1 Å². The summed E-state index contributed by atoms with van der Waals surface area (Å²) in [6.07, 6.45) is 0. The van der Waals surface area contributed by atoms with Crippen molar-refractivity contribution in [1.29, 1.82) is 5.26 Å². The quantitative estimate of drug-likeness (QED) is 0.166. The fourth-order valence-electron chi connectivity index (χ4n) is 4.53. The third-order valence-corrected chi connectivity index (χ3v) is 7.13. The molecular weight excluding hydrogens is 584 g/mol. The van der Waals surface area contributed by atoms with E-state index in [0.717, 1.165) is 15.6 Å². The molecule has 0 bridgehead atoms. The summed E-state index contributed by atoms with van der Waals surface area (Å²) in [7, 11) is 0. The van der Waals surface area contributed by atoms with E-state index in [1.54, 1.807) is 42.5 Å². The summed E-state index contributed by atoms with van der Waals surface area (Å²) in [6, 6.07) is 27.8. The summed E-state index contributed by atoms with van der Waals surface area (Å²) < 4.78 is 24.3. The van der Waals surface area contributed by atoms with E-state index in [4.69, 9.17) is 24.7 Å². The van der Waals surface area contributed by atoms with E-state index in [9.17, 15) is 10.1 Å². The number of benzene rings is 4. The average molecular weight is 611 g/mol. The number of fused-ring (bicyclic) bond motifs is 1. The van der Waals surface area contributed by atoms with Gasteiger partial charge in [0.15, 0.2) is 11.5 Å². The van der Waals surface area contributed by atoms with Crippen LogP contribution in [-0.4, -0.2) is 12.6 Å². The molecule has 4 aromatic carbocycles. The van der Waals surface area contributed by atoms with Gasteiger partial charge in [-0.1, -0.05) is 57.9 Å². The van der Waals surface area contributed by atoms with Crippen molar-refractivity contribution in [2.45, 2.75) is 26.4 Å². The Bertz CT molecular complexity index is 1660. The second-order valence-electron chi connectivity index (χ2n) is 9.43. The number of carbonyl (C=O) groups excluding carboxylic acids is 1. The number of halogens is 1. The Kier molecular flexibility index (Phi) is 8.27. The molecule has 206 valence electrons. The summed E-state index contributed by atoms with van der Waals surface area (Å²) in [5.41, 5.74) is 10.6. The largest absolute Gasteiger partial charge is 0.490 e. The van der Waals surface area contributed by atoms with Gasteiger partial charge in [-0.25, -0.2) is 4.79 Å². The zero-order chi connectivity index (χ0) is 28.9. The van der Waals surface area contributed by atoms with Crippen molar-refractivity contribution in [3.05, 3.63) is 129 Å². The van der Waals surface area contributed by atoms with Crippen LogP contribution in [0.5, 0.6) is 23.0 Å². The lowest BCUT2D eigenvalue weighted by molar-refractivity contribution is 0.0734. The van der Waals surface area contributed by atoms with Gasteiger partial charge in [-0.15, -0.1) is 0 Å². The molecule has 1 aliphatic heterocycles. The first-order valence-electron chi connectivity index (χ1n) is 13.0. The number of nitrogens with zero attached hydrogens (tertiary/aromatic N) is 1. The number of hydrogen-bond acceptors (Lipinski definition) is 7. The Hall–Kier alpha value is -4.74. The zero-order valence-electron chi connectivity index (χ0n) is 22.5. The van der Waals surface area contributed by atoms with Gasteiger partial charge in [0, 0.05) is 16.1 Å². The molecule has 1 aliphatic rings. The second kappa shape index (κ2) is 12.2. The van der Waals surface area contributed by atoms with Crippen LogP contribution in [0.15, 0.2) is 101 Å². The monoisotopic (exact) mass is 610 g/mol. The van der Waals surface area contributed by atoms with Crippen molar-refractivity contribution in [2.75, 3.05) is 6.61 Å². The molecule has 1 heterocycles. The van der Waals surface area contributed by atoms with Crippen LogP contribution in [-0.2, 0) is 6.61 Å². The third-order valence-electron chi connectivity index (χ3n) is 6.60. The van der Waals surface area contributed by atoms with Crippen molar-refractivity contribution in [2.24, 2.45) is 5.73 Å². The molecule has 7 nitrogen and oxygen atoms in total. The summed E-state index contributed by atoms with van der Waals surface area (Å²) in [5, 5.41) is 10.00. The van der Waals surface area contributed by atoms with Crippen LogP contribution in [0, 0.1) is 18.3 Å². The van der Waals surface area contributed by atoms with Crippen LogP contribution in [0.25, 0.3) is 0 Å². The van der Waals surface area contributed by atoms with Crippen molar-refractivity contribution < 1.29 is 23.7 Å². The van der Waals surface area contributed by atoms with Gasteiger partial charge in [0.1, 0.15) is 29.7 Å². The first-order chi connectivity index (χ1) is 19.9. The molecule has 0 radical (unpaired) electrons. The third kappa shape index (κ3) is 6.21. The molecule has 0 spiro atoms. The number of carbonyl (C=O) groups is 1. The predicted molar refractivity (Wildman–Crippen MR) is 158 cm³/mol. The Morgan fingerprint density at radius 1 is 0.976 bits per heavy atom. The predicted octanol–water partition coefficient (Wildman–Crippen LogP) is 7.17. The van der Waals surface area contributed by atoms with Gasteiger partial charge in [-0.3, -0.25) is 0 Å². The Morgan fingerprint density at radius 3 is 2.44 bits per heavy atom. The second-order valence-corrected chi connectivity index (χ2v) is 10.3. The van der Waals surface area contributed by atoms with E-state index in [0.29, 0.717) is 47.3 Å². The molecule has 2 N–H and O–H groups in total. The molecule has 0 aliphatic carbocycles. The number of esters is 1. The molecule has 0 amide bonds. The first-order valence-corrected chi connectivity index (χ1v) is 13.8. The molecule has 0 aromatic heterocycles. The average Bonchev–Trinajstić information content (AvgIpc) is 2.97. The lowest BCUT2D eigenvalue weighted by atomic mass is 9.83. The van der Waals surface area contributed by atoms with Crippen LogP contribution < -0.4 is 24.7 Å². The number of rotatable bonds is 8. The van der Waals surface area contributed by atoms with Gasteiger partial charge in [0.2, 0.25) is 5.88 Å². The summed E-state index contributed by atoms with van der Waals surface area (Å²) in [6.45, 7) is 4.76. The Morgan fingerprint density at radius 2 is 1.73 bits per heavy atom. The molecule has 4 aromatic rings. The number of nitriles is 1.